The molecular formula is C14H18O2. The molecule has 0 spiro atoms. The van der Waals surface area contributed by atoms with Gasteiger partial charge >= 0.3 is 0 Å². The fourth-order valence-corrected chi connectivity index (χ4v) is 2.05. The molecule has 0 heterocycles. The highest BCUT2D eigenvalue weighted by atomic mass is 16.5. The Morgan fingerprint density at radius 3 is 3.12 bits per heavy atom. The Hall–Kier alpha value is -1.28. The Morgan fingerprint density at radius 1 is 1.56 bits per heavy atom. The number of ether oxygens (including phenoxy) is 1. The normalized spacial score (nSPS) is 19.0. The van der Waals surface area contributed by atoms with E-state index in [2.05, 4.69) is 12.6 Å². The second kappa shape index (κ2) is 4.71. The lowest BCUT2D eigenvalue weighted by Crippen LogP contribution is -2.09. The number of aliphatic hydroxyl groups excluding tert-OH is 1. The molecule has 2 nitrogen and oxygen atoms in total. The van der Waals surface area contributed by atoms with E-state index in [-0.39, 0.29) is 6.10 Å². The van der Waals surface area contributed by atoms with Gasteiger partial charge in [0.2, 0.25) is 0 Å². The summed E-state index contributed by atoms with van der Waals surface area (Å²) in [5.74, 6) is 0.822. The number of benzene rings is 1. The fraction of sp³-hybridized carbons (Fsp3) is 0.429. The van der Waals surface area contributed by atoms with Gasteiger partial charge in [0.25, 0.3) is 0 Å². The summed E-state index contributed by atoms with van der Waals surface area (Å²) in [4.78, 5) is 0. The molecular weight excluding hydrogens is 200 g/mol. The largest absolute Gasteiger partial charge is 0.489 e. The first-order valence-electron chi connectivity index (χ1n) is 5.75. The van der Waals surface area contributed by atoms with Gasteiger partial charge in [-0.25, -0.2) is 0 Å². The zero-order valence-electron chi connectivity index (χ0n) is 9.70. The molecule has 2 rings (SSSR count). The fourth-order valence-electron chi connectivity index (χ4n) is 2.05. The van der Waals surface area contributed by atoms with Gasteiger partial charge in [-0.05, 0) is 55.0 Å². The van der Waals surface area contributed by atoms with E-state index < -0.39 is 0 Å². The van der Waals surface area contributed by atoms with E-state index in [4.69, 9.17) is 4.74 Å². The van der Waals surface area contributed by atoms with E-state index in [9.17, 15) is 5.11 Å². The van der Waals surface area contributed by atoms with Crippen molar-refractivity contribution in [2.24, 2.45) is 0 Å². The number of hydrogen-bond acceptors (Lipinski definition) is 2. The molecule has 0 saturated carbocycles. The molecule has 0 bridgehead atoms. The lowest BCUT2D eigenvalue weighted by molar-refractivity contribution is 0.156. The summed E-state index contributed by atoms with van der Waals surface area (Å²) in [6.45, 7) is 6.27. The average Bonchev–Trinajstić information content (AvgIpc) is 2.27. The lowest BCUT2D eigenvalue weighted by atomic mass is 9.89. The van der Waals surface area contributed by atoms with Crippen LogP contribution in [-0.2, 0) is 6.42 Å². The predicted molar refractivity (Wildman–Crippen MR) is 64.6 cm³/mol. The summed E-state index contributed by atoms with van der Waals surface area (Å²) in [7, 11) is 0. The molecule has 86 valence electrons. The zero-order chi connectivity index (χ0) is 11.5. The first kappa shape index (κ1) is 11.2. The maximum Gasteiger partial charge on any atom is 0.120 e. The van der Waals surface area contributed by atoms with Crippen LogP contribution in [0.4, 0.5) is 0 Å². The monoisotopic (exact) mass is 218 g/mol. The van der Waals surface area contributed by atoms with Crippen molar-refractivity contribution in [3.8, 4) is 5.75 Å². The van der Waals surface area contributed by atoms with Crippen LogP contribution in [0.1, 0.15) is 37.0 Å². The van der Waals surface area contributed by atoms with Crippen LogP contribution in [0.5, 0.6) is 5.75 Å². The van der Waals surface area contributed by atoms with Crippen LogP contribution in [0, 0.1) is 0 Å². The van der Waals surface area contributed by atoms with Gasteiger partial charge in [-0.3, -0.25) is 0 Å². The molecule has 1 N–H and O–H groups in total. The van der Waals surface area contributed by atoms with Gasteiger partial charge in [0.1, 0.15) is 12.4 Å². The minimum absolute atomic E-state index is 0.322. The Morgan fingerprint density at radius 2 is 2.38 bits per heavy atom. The van der Waals surface area contributed by atoms with Crippen molar-refractivity contribution in [2.75, 3.05) is 6.61 Å². The van der Waals surface area contributed by atoms with Crippen molar-refractivity contribution in [1.29, 1.82) is 0 Å². The summed E-state index contributed by atoms with van der Waals surface area (Å²) in [6.07, 6.45) is 2.67. The molecule has 0 fully saturated rings. The quantitative estimate of drug-likeness (QED) is 0.790. The molecule has 0 unspecified atom stereocenters. The Bertz CT molecular complexity index is 396. The van der Waals surface area contributed by atoms with E-state index in [1.807, 2.05) is 19.1 Å². The predicted octanol–water partition coefficient (Wildman–Crippen LogP) is 3.01. The van der Waals surface area contributed by atoms with E-state index in [0.29, 0.717) is 6.61 Å². The Labute approximate surface area is 96.6 Å². The van der Waals surface area contributed by atoms with Gasteiger partial charge in [0.15, 0.2) is 0 Å². The second-order valence-electron chi connectivity index (χ2n) is 4.51. The number of fused-ring (bicyclic) bond motifs is 1. The molecule has 1 atom stereocenters. The molecule has 1 aliphatic rings. The van der Waals surface area contributed by atoms with Crippen molar-refractivity contribution in [2.45, 2.75) is 32.3 Å². The maximum atomic E-state index is 9.89. The van der Waals surface area contributed by atoms with Crippen LogP contribution in [0.25, 0.3) is 0 Å². The molecule has 16 heavy (non-hydrogen) atoms. The molecule has 2 heteroatoms. The topological polar surface area (TPSA) is 29.5 Å². The minimum atomic E-state index is -0.322. The highest BCUT2D eigenvalue weighted by molar-refractivity contribution is 5.38. The van der Waals surface area contributed by atoms with Crippen LogP contribution in [0.15, 0.2) is 30.4 Å². The highest BCUT2D eigenvalue weighted by Gasteiger charge is 2.18. The molecule has 1 aliphatic carbocycles. The first-order valence-corrected chi connectivity index (χ1v) is 5.75. The molecule has 0 aromatic heterocycles. The average molecular weight is 218 g/mol. The van der Waals surface area contributed by atoms with Crippen LogP contribution in [-0.4, -0.2) is 11.7 Å². The summed E-state index contributed by atoms with van der Waals surface area (Å²) < 4.78 is 5.57. The lowest BCUT2D eigenvalue weighted by Gasteiger charge is -2.22. The van der Waals surface area contributed by atoms with Gasteiger partial charge in [-0.1, -0.05) is 12.6 Å². The van der Waals surface area contributed by atoms with Crippen molar-refractivity contribution < 1.29 is 9.84 Å². The molecule has 0 saturated heterocycles. The summed E-state index contributed by atoms with van der Waals surface area (Å²) in [5, 5.41) is 9.89. The third-order valence-electron chi connectivity index (χ3n) is 2.89. The standard InChI is InChI=1S/C14H18O2/c1-10(2)9-16-12-7-6-11-4-3-5-14(15)13(11)8-12/h6-8,14-15H,1,3-5,9H2,2H3/t14-/m0/s1. The molecule has 0 radical (unpaired) electrons. The third kappa shape index (κ3) is 2.45. The second-order valence-corrected chi connectivity index (χ2v) is 4.51. The summed E-state index contributed by atoms with van der Waals surface area (Å²) >= 11 is 0. The molecule has 1 aromatic rings. The first-order chi connectivity index (χ1) is 7.66. The van der Waals surface area contributed by atoms with E-state index in [0.717, 1.165) is 36.1 Å². The number of aryl methyl sites for hydroxylation is 1. The van der Waals surface area contributed by atoms with Gasteiger partial charge in [0.05, 0.1) is 6.10 Å². The Kier molecular flexibility index (Phi) is 3.30. The molecule has 1 aromatic carbocycles. The minimum Gasteiger partial charge on any atom is -0.489 e. The smallest absolute Gasteiger partial charge is 0.120 e. The van der Waals surface area contributed by atoms with Crippen molar-refractivity contribution >= 4 is 0 Å². The van der Waals surface area contributed by atoms with Crippen LogP contribution >= 0.6 is 0 Å². The summed E-state index contributed by atoms with van der Waals surface area (Å²) in [6, 6.07) is 5.99. The number of aliphatic hydroxyl groups is 1. The highest BCUT2D eigenvalue weighted by Crippen LogP contribution is 2.32. The SMILES string of the molecule is C=C(C)COc1ccc2c(c1)[C@@H](O)CCC2. The number of hydrogen-bond donors (Lipinski definition) is 1. The molecule has 0 amide bonds. The molecule has 0 aliphatic heterocycles. The third-order valence-corrected chi connectivity index (χ3v) is 2.89. The van der Waals surface area contributed by atoms with Crippen molar-refractivity contribution in [3.05, 3.63) is 41.5 Å². The van der Waals surface area contributed by atoms with Gasteiger partial charge in [-0.15, -0.1) is 0 Å². The van der Waals surface area contributed by atoms with Gasteiger partial charge < -0.3 is 9.84 Å². The van der Waals surface area contributed by atoms with E-state index in [1.165, 1.54) is 5.56 Å². The van der Waals surface area contributed by atoms with Crippen molar-refractivity contribution in [3.63, 3.8) is 0 Å². The van der Waals surface area contributed by atoms with E-state index >= 15 is 0 Å². The van der Waals surface area contributed by atoms with E-state index in [1.54, 1.807) is 0 Å². The van der Waals surface area contributed by atoms with Crippen molar-refractivity contribution in [1.82, 2.24) is 0 Å². The van der Waals surface area contributed by atoms with Crippen LogP contribution in [0.3, 0.4) is 0 Å². The number of rotatable bonds is 3. The van der Waals surface area contributed by atoms with Gasteiger partial charge in [0, 0.05) is 0 Å². The summed E-state index contributed by atoms with van der Waals surface area (Å²) in [5.41, 5.74) is 3.28. The zero-order valence-corrected chi connectivity index (χ0v) is 9.70. The maximum absolute atomic E-state index is 9.89. The Balaban J connectivity index is 2.17. The van der Waals surface area contributed by atoms with Crippen LogP contribution < -0.4 is 4.74 Å². The van der Waals surface area contributed by atoms with Crippen LogP contribution in [0.2, 0.25) is 0 Å². The van der Waals surface area contributed by atoms with Gasteiger partial charge in [-0.2, -0.15) is 0 Å².